The third kappa shape index (κ3) is 4.53. The monoisotopic (exact) mass is 330 g/mol. The Balaban J connectivity index is 2.60. The van der Waals surface area contributed by atoms with Crippen molar-refractivity contribution < 1.29 is 19.8 Å². The summed E-state index contributed by atoms with van der Waals surface area (Å²) in [6.07, 6.45) is -1.61. The molecule has 6 nitrogen and oxygen atoms in total. The van der Waals surface area contributed by atoms with Crippen molar-refractivity contribution in [2.75, 3.05) is 11.9 Å². The molecular formula is C12H15BrN2O4. The molecule has 1 unspecified atom stereocenters. The summed E-state index contributed by atoms with van der Waals surface area (Å²) in [6, 6.07) is 3.00. The minimum absolute atomic E-state index is 0.352. The van der Waals surface area contributed by atoms with Crippen LogP contribution in [0.5, 0.6) is 0 Å². The molecule has 0 bridgehead atoms. The number of carboxylic acid groups (broad SMARTS) is 1. The minimum Gasteiger partial charge on any atom is -0.479 e. The molecule has 0 spiro atoms. The number of carbonyl (C=O) groups excluding carboxylic acids is 1. The van der Waals surface area contributed by atoms with Crippen molar-refractivity contribution in [3.63, 3.8) is 0 Å². The fraction of sp³-hybridized carbons (Fsp3) is 0.333. The Kier molecular flexibility index (Phi) is 5.31. The highest BCUT2D eigenvalue weighted by Crippen LogP contribution is 2.24. The second-order valence-corrected chi connectivity index (χ2v) is 4.91. The van der Waals surface area contributed by atoms with Gasteiger partial charge >= 0.3 is 12.0 Å². The standard InChI is InChI=1S/C12H15BrN2O4/c1-6-3-8(4-7(2)10(6)13)15-12(19)14-5-9(16)11(17)18/h3-4,9,16H,5H2,1-2H3,(H,17,18)(H2,14,15,19). The quantitative estimate of drug-likeness (QED) is 0.674. The molecule has 1 aromatic carbocycles. The third-order valence-corrected chi connectivity index (χ3v) is 3.69. The van der Waals surface area contributed by atoms with Crippen LogP contribution in [0.25, 0.3) is 0 Å². The molecule has 1 rings (SSSR count). The number of aliphatic hydroxyl groups excluding tert-OH is 1. The average molecular weight is 331 g/mol. The van der Waals surface area contributed by atoms with Gasteiger partial charge < -0.3 is 20.8 Å². The van der Waals surface area contributed by atoms with Gasteiger partial charge in [-0.05, 0) is 37.1 Å². The smallest absolute Gasteiger partial charge is 0.334 e. The molecule has 0 aliphatic carbocycles. The number of aliphatic hydroxyl groups is 1. The Bertz CT molecular complexity index is 481. The van der Waals surface area contributed by atoms with Crippen LogP contribution in [0.2, 0.25) is 0 Å². The van der Waals surface area contributed by atoms with E-state index in [9.17, 15) is 9.59 Å². The zero-order valence-corrected chi connectivity index (χ0v) is 12.1. The van der Waals surface area contributed by atoms with Crippen molar-refractivity contribution in [3.05, 3.63) is 27.7 Å². The molecule has 2 amide bonds. The Hall–Kier alpha value is -1.60. The van der Waals surface area contributed by atoms with Crippen LogP contribution < -0.4 is 10.6 Å². The maximum absolute atomic E-state index is 11.5. The van der Waals surface area contributed by atoms with Gasteiger partial charge in [0.05, 0.1) is 6.54 Å². The summed E-state index contributed by atoms with van der Waals surface area (Å²) in [6.45, 7) is 3.44. The molecule has 104 valence electrons. The van der Waals surface area contributed by atoms with E-state index in [0.29, 0.717) is 5.69 Å². The van der Waals surface area contributed by atoms with Gasteiger partial charge in [-0.3, -0.25) is 0 Å². The summed E-state index contributed by atoms with van der Waals surface area (Å²) in [4.78, 5) is 21.9. The van der Waals surface area contributed by atoms with Gasteiger partial charge in [0.15, 0.2) is 6.10 Å². The highest BCUT2D eigenvalue weighted by Gasteiger charge is 2.14. The summed E-state index contributed by atoms with van der Waals surface area (Å²) in [5.74, 6) is -1.38. The van der Waals surface area contributed by atoms with E-state index in [-0.39, 0.29) is 6.54 Å². The van der Waals surface area contributed by atoms with E-state index < -0.39 is 18.1 Å². The number of nitrogens with one attached hydrogen (secondary N) is 2. The van der Waals surface area contributed by atoms with Crippen LogP contribution in [-0.4, -0.2) is 34.9 Å². The van der Waals surface area contributed by atoms with E-state index in [1.165, 1.54) is 0 Å². The van der Waals surface area contributed by atoms with Gasteiger partial charge in [-0.25, -0.2) is 9.59 Å². The number of halogens is 1. The topological polar surface area (TPSA) is 98.7 Å². The molecule has 4 N–H and O–H groups in total. The van der Waals surface area contributed by atoms with Gasteiger partial charge in [0.25, 0.3) is 0 Å². The van der Waals surface area contributed by atoms with E-state index in [0.717, 1.165) is 15.6 Å². The number of anilines is 1. The summed E-state index contributed by atoms with van der Waals surface area (Å²) in [7, 11) is 0. The Morgan fingerprint density at radius 3 is 2.32 bits per heavy atom. The molecule has 1 aromatic rings. The molecule has 0 aromatic heterocycles. The number of rotatable bonds is 4. The number of hydrogen-bond acceptors (Lipinski definition) is 3. The molecular weight excluding hydrogens is 316 g/mol. The summed E-state index contributed by atoms with van der Waals surface area (Å²) >= 11 is 3.42. The zero-order valence-electron chi connectivity index (χ0n) is 10.5. The van der Waals surface area contributed by atoms with Gasteiger partial charge in [0.1, 0.15) is 0 Å². The molecule has 19 heavy (non-hydrogen) atoms. The van der Waals surface area contributed by atoms with Crippen LogP contribution in [0.3, 0.4) is 0 Å². The molecule has 0 aliphatic heterocycles. The first-order valence-corrected chi connectivity index (χ1v) is 6.33. The zero-order chi connectivity index (χ0) is 14.6. The molecule has 0 heterocycles. The largest absolute Gasteiger partial charge is 0.479 e. The summed E-state index contributed by atoms with van der Waals surface area (Å²) < 4.78 is 0.972. The van der Waals surface area contributed by atoms with Gasteiger partial charge in [0.2, 0.25) is 0 Å². The number of aliphatic carboxylic acids is 1. The van der Waals surface area contributed by atoms with Gasteiger partial charge in [-0.1, -0.05) is 15.9 Å². The van der Waals surface area contributed by atoms with E-state index in [1.54, 1.807) is 12.1 Å². The van der Waals surface area contributed by atoms with E-state index in [1.807, 2.05) is 13.8 Å². The van der Waals surface area contributed by atoms with Gasteiger partial charge in [-0.15, -0.1) is 0 Å². The lowest BCUT2D eigenvalue weighted by atomic mass is 10.1. The maximum Gasteiger partial charge on any atom is 0.334 e. The molecule has 0 saturated carbocycles. The first kappa shape index (κ1) is 15.5. The molecule has 7 heteroatoms. The van der Waals surface area contributed by atoms with E-state index in [4.69, 9.17) is 10.2 Å². The number of amides is 2. The maximum atomic E-state index is 11.5. The predicted octanol–water partition coefficient (Wildman–Crippen LogP) is 1.63. The lowest BCUT2D eigenvalue weighted by Gasteiger charge is -2.11. The number of carbonyl (C=O) groups is 2. The average Bonchev–Trinajstić information content (AvgIpc) is 2.32. The van der Waals surface area contributed by atoms with Gasteiger partial charge in [-0.2, -0.15) is 0 Å². The van der Waals surface area contributed by atoms with Crippen molar-refractivity contribution in [2.24, 2.45) is 0 Å². The lowest BCUT2D eigenvalue weighted by Crippen LogP contribution is -2.38. The van der Waals surface area contributed by atoms with E-state index in [2.05, 4.69) is 26.6 Å². The molecule has 0 radical (unpaired) electrons. The number of carboxylic acids is 1. The highest BCUT2D eigenvalue weighted by atomic mass is 79.9. The fourth-order valence-corrected chi connectivity index (χ4v) is 1.70. The van der Waals surface area contributed by atoms with E-state index >= 15 is 0 Å². The van der Waals surface area contributed by atoms with Crippen molar-refractivity contribution >= 4 is 33.6 Å². The Morgan fingerprint density at radius 2 is 1.84 bits per heavy atom. The van der Waals surface area contributed by atoms with Crippen LogP contribution in [0.15, 0.2) is 16.6 Å². The Labute approximate surface area is 118 Å². The minimum atomic E-state index is -1.61. The number of hydrogen-bond donors (Lipinski definition) is 4. The third-order valence-electron chi connectivity index (χ3n) is 2.44. The lowest BCUT2D eigenvalue weighted by molar-refractivity contribution is -0.146. The highest BCUT2D eigenvalue weighted by molar-refractivity contribution is 9.10. The Morgan fingerprint density at radius 1 is 1.32 bits per heavy atom. The van der Waals surface area contributed by atoms with Crippen molar-refractivity contribution in [3.8, 4) is 0 Å². The number of benzene rings is 1. The van der Waals surface area contributed by atoms with Crippen molar-refractivity contribution in [2.45, 2.75) is 20.0 Å². The molecule has 0 saturated heterocycles. The van der Waals surface area contributed by atoms with Crippen LogP contribution >= 0.6 is 15.9 Å². The normalized spacial score (nSPS) is 11.8. The summed E-state index contributed by atoms with van der Waals surface area (Å²) in [5.41, 5.74) is 2.54. The number of urea groups is 1. The van der Waals surface area contributed by atoms with Crippen LogP contribution in [0, 0.1) is 13.8 Å². The van der Waals surface area contributed by atoms with Crippen LogP contribution in [-0.2, 0) is 4.79 Å². The van der Waals surface area contributed by atoms with Crippen molar-refractivity contribution in [1.82, 2.24) is 5.32 Å². The SMILES string of the molecule is Cc1cc(NC(=O)NCC(O)C(=O)O)cc(C)c1Br. The van der Waals surface area contributed by atoms with Gasteiger partial charge in [0, 0.05) is 10.2 Å². The second kappa shape index (κ2) is 6.53. The molecule has 0 fully saturated rings. The predicted molar refractivity (Wildman–Crippen MR) is 74.3 cm³/mol. The molecule has 1 atom stereocenters. The second-order valence-electron chi connectivity index (χ2n) is 4.11. The number of aryl methyl sites for hydroxylation is 2. The summed E-state index contributed by atoms with van der Waals surface area (Å²) in [5, 5.41) is 22.3. The first-order chi connectivity index (χ1) is 8.81. The van der Waals surface area contributed by atoms with Crippen LogP contribution in [0.1, 0.15) is 11.1 Å². The molecule has 0 aliphatic rings. The fourth-order valence-electron chi connectivity index (χ4n) is 1.47. The van der Waals surface area contributed by atoms with Crippen LogP contribution in [0.4, 0.5) is 10.5 Å². The first-order valence-electron chi connectivity index (χ1n) is 5.53. The van der Waals surface area contributed by atoms with Crippen molar-refractivity contribution in [1.29, 1.82) is 0 Å².